The summed E-state index contributed by atoms with van der Waals surface area (Å²) >= 11 is 3.28. The Hall–Kier alpha value is -1.54. The molecular formula is C18H25N3O3S2. The van der Waals surface area contributed by atoms with Gasteiger partial charge >= 0.3 is 0 Å². The zero-order chi connectivity index (χ0) is 18.7. The molecule has 1 aromatic heterocycles. The molecule has 8 heteroatoms. The zero-order valence-corrected chi connectivity index (χ0v) is 16.8. The Balaban J connectivity index is 1.59. The van der Waals surface area contributed by atoms with Crippen LogP contribution >= 0.6 is 23.1 Å². The minimum absolute atomic E-state index is 0.0106. The standard InChI is InChI=1S/C18H25N3O3S2/c1-3-5-13(19-12(2)22)17(24)21-10-18(11-21)15(7-9-26-18)20-16(23)14-6-4-8-25-14/h4,6,8,13,15H,3,5,7,9-11H2,1-2H3,(H,19,22)(H,20,23). The van der Waals surface area contributed by atoms with Crippen LogP contribution in [0.5, 0.6) is 0 Å². The number of likely N-dealkylation sites (tertiary alicyclic amines) is 1. The van der Waals surface area contributed by atoms with Crippen LogP contribution in [0.15, 0.2) is 17.5 Å². The summed E-state index contributed by atoms with van der Waals surface area (Å²) in [6, 6.07) is 3.34. The third-order valence-corrected chi connectivity index (χ3v) is 7.39. The average molecular weight is 396 g/mol. The molecule has 0 saturated carbocycles. The minimum Gasteiger partial charge on any atom is -0.347 e. The van der Waals surface area contributed by atoms with E-state index in [0.717, 1.165) is 23.5 Å². The van der Waals surface area contributed by atoms with Crippen molar-refractivity contribution in [3.8, 4) is 0 Å². The van der Waals surface area contributed by atoms with E-state index in [0.29, 0.717) is 19.5 Å². The van der Waals surface area contributed by atoms with Crippen LogP contribution in [0.25, 0.3) is 0 Å². The van der Waals surface area contributed by atoms with Crippen LogP contribution in [0, 0.1) is 0 Å². The van der Waals surface area contributed by atoms with Gasteiger partial charge in [0.25, 0.3) is 5.91 Å². The van der Waals surface area contributed by atoms with Gasteiger partial charge in [-0.25, -0.2) is 0 Å². The SMILES string of the molecule is CCCC(NC(C)=O)C(=O)N1CC2(C1)SCCC2NC(=O)c1cccs1. The van der Waals surface area contributed by atoms with Crippen molar-refractivity contribution in [3.05, 3.63) is 22.4 Å². The van der Waals surface area contributed by atoms with Crippen LogP contribution in [0.3, 0.4) is 0 Å². The van der Waals surface area contributed by atoms with E-state index in [-0.39, 0.29) is 28.5 Å². The van der Waals surface area contributed by atoms with Crippen molar-refractivity contribution in [1.82, 2.24) is 15.5 Å². The molecule has 0 radical (unpaired) electrons. The predicted molar refractivity (Wildman–Crippen MR) is 104 cm³/mol. The van der Waals surface area contributed by atoms with Crippen molar-refractivity contribution in [1.29, 1.82) is 0 Å². The number of amides is 3. The van der Waals surface area contributed by atoms with Gasteiger partial charge in [0.05, 0.1) is 9.62 Å². The molecule has 2 atom stereocenters. The first-order valence-corrected chi connectivity index (χ1v) is 10.9. The number of carbonyl (C=O) groups excluding carboxylic acids is 3. The van der Waals surface area contributed by atoms with Gasteiger partial charge in [0, 0.05) is 26.1 Å². The van der Waals surface area contributed by atoms with Crippen molar-refractivity contribution in [2.75, 3.05) is 18.8 Å². The molecule has 142 valence electrons. The first kappa shape index (κ1) is 19.2. The van der Waals surface area contributed by atoms with E-state index in [9.17, 15) is 14.4 Å². The number of thiophene rings is 1. The summed E-state index contributed by atoms with van der Waals surface area (Å²) in [5.74, 6) is 0.771. The van der Waals surface area contributed by atoms with E-state index in [1.54, 1.807) is 0 Å². The van der Waals surface area contributed by atoms with Crippen LogP contribution < -0.4 is 10.6 Å². The van der Waals surface area contributed by atoms with Gasteiger partial charge in [0.1, 0.15) is 6.04 Å². The molecule has 3 rings (SSSR count). The van der Waals surface area contributed by atoms with Crippen LogP contribution in [-0.2, 0) is 9.59 Å². The number of hydrogen-bond acceptors (Lipinski definition) is 5. The maximum atomic E-state index is 12.7. The molecule has 2 aliphatic heterocycles. The molecule has 1 aromatic rings. The highest BCUT2D eigenvalue weighted by Gasteiger charge is 2.54. The quantitative estimate of drug-likeness (QED) is 0.771. The number of rotatable bonds is 6. The fraction of sp³-hybridized carbons (Fsp3) is 0.611. The molecule has 2 fully saturated rings. The fourth-order valence-electron chi connectivity index (χ4n) is 3.66. The Bertz CT molecular complexity index is 671. The summed E-state index contributed by atoms with van der Waals surface area (Å²) in [5.41, 5.74) is 0. The molecule has 2 N–H and O–H groups in total. The van der Waals surface area contributed by atoms with Gasteiger partial charge in [-0.3, -0.25) is 14.4 Å². The van der Waals surface area contributed by atoms with Crippen molar-refractivity contribution in [2.24, 2.45) is 0 Å². The first-order chi connectivity index (χ1) is 12.4. The van der Waals surface area contributed by atoms with Crippen molar-refractivity contribution in [2.45, 2.75) is 49.9 Å². The van der Waals surface area contributed by atoms with Crippen LogP contribution in [0.4, 0.5) is 0 Å². The number of thioether (sulfide) groups is 1. The van der Waals surface area contributed by atoms with Crippen molar-refractivity contribution in [3.63, 3.8) is 0 Å². The third-order valence-electron chi connectivity index (χ3n) is 4.96. The Kier molecular flexibility index (Phi) is 5.92. The van der Waals surface area contributed by atoms with E-state index >= 15 is 0 Å². The molecule has 26 heavy (non-hydrogen) atoms. The Labute approximate surface area is 162 Å². The average Bonchev–Trinajstić information content (AvgIpc) is 3.21. The maximum absolute atomic E-state index is 12.7. The zero-order valence-electron chi connectivity index (χ0n) is 15.1. The lowest BCUT2D eigenvalue weighted by Crippen LogP contribution is -2.70. The van der Waals surface area contributed by atoms with Gasteiger partial charge in [0.15, 0.2) is 0 Å². The molecule has 2 unspecified atom stereocenters. The second-order valence-corrected chi connectivity index (χ2v) is 9.40. The van der Waals surface area contributed by atoms with E-state index in [4.69, 9.17) is 0 Å². The summed E-state index contributed by atoms with van der Waals surface area (Å²) in [6.07, 6.45) is 2.41. The van der Waals surface area contributed by atoms with Gasteiger partial charge < -0.3 is 15.5 Å². The highest BCUT2D eigenvalue weighted by Crippen LogP contribution is 2.45. The molecule has 0 aromatic carbocycles. The molecule has 0 aliphatic carbocycles. The third kappa shape index (κ3) is 3.91. The van der Waals surface area contributed by atoms with E-state index in [1.807, 2.05) is 41.1 Å². The predicted octanol–water partition coefficient (Wildman–Crippen LogP) is 1.87. The second-order valence-electron chi connectivity index (χ2n) is 6.94. The number of carbonyl (C=O) groups is 3. The van der Waals surface area contributed by atoms with Crippen LogP contribution in [0.2, 0.25) is 0 Å². The summed E-state index contributed by atoms with van der Waals surface area (Å²) in [4.78, 5) is 39.0. The summed E-state index contributed by atoms with van der Waals surface area (Å²) in [7, 11) is 0. The number of nitrogens with one attached hydrogen (secondary N) is 2. The minimum atomic E-state index is -0.444. The van der Waals surface area contributed by atoms with Gasteiger partial charge in [-0.15, -0.1) is 23.1 Å². The Morgan fingerprint density at radius 3 is 2.77 bits per heavy atom. The second kappa shape index (κ2) is 8.00. The smallest absolute Gasteiger partial charge is 0.261 e. The Morgan fingerprint density at radius 1 is 1.38 bits per heavy atom. The van der Waals surface area contributed by atoms with Crippen molar-refractivity contribution < 1.29 is 14.4 Å². The maximum Gasteiger partial charge on any atom is 0.261 e. The highest BCUT2D eigenvalue weighted by atomic mass is 32.2. The summed E-state index contributed by atoms with van der Waals surface area (Å²) < 4.78 is -0.0877. The highest BCUT2D eigenvalue weighted by molar-refractivity contribution is 8.01. The van der Waals surface area contributed by atoms with Gasteiger partial charge in [-0.1, -0.05) is 19.4 Å². The lowest BCUT2D eigenvalue weighted by atomic mass is 9.88. The molecule has 2 aliphatic rings. The normalized spacial score (nSPS) is 21.9. The van der Waals surface area contributed by atoms with Gasteiger partial charge in [-0.05, 0) is 30.0 Å². The molecule has 0 bridgehead atoms. The molecular weight excluding hydrogens is 370 g/mol. The monoisotopic (exact) mass is 395 g/mol. The molecule has 3 amide bonds. The lowest BCUT2D eigenvalue weighted by molar-refractivity contribution is -0.141. The molecule has 2 saturated heterocycles. The molecule has 3 heterocycles. The topological polar surface area (TPSA) is 78.5 Å². The van der Waals surface area contributed by atoms with Crippen LogP contribution in [0.1, 0.15) is 42.8 Å². The largest absolute Gasteiger partial charge is 0.347 e. The molecule has 1 spiro atoms. The fourth-order valence-corrected chi connectivity index (χ4v) is 5.92. The molecule has 6 nitrogen and oxygen atoms in total. The summed E-state index contributed by atoms with van der Waals surface area (Å²) in [6.45, 7) is 4.70. The van der Waals surface area contributed by atoms with Gasteiger partial charge in [-0.2, -0.15) is 0 Å². The number of nitrogens with zero attached hydrogens (tertiary/aromatic N) is 1. The van der Waals surface area contributed by atoms with E-state index < -0.39 is 6.04 Å². The Morgan fingerprint density at radius 2 is 2.15 bits per heavy atom. The van der Waals surface area contributed by atoms with Gasteiger partial charge in [0.2, 0.25) is 11.8 Å². The first-order valence-electron chi connectivity index (χ1n) is 8.99. The lowest BCUT2D eigenvalue weighted by Gasteiger charge is -2.51. The van der Waals surface area contributed by atoms with Crippen molar-refractivity contribution >= 4 is 40.8 Å². The summed E-state index contributed by atoms with van der Waals surface area (Å²) in [5, 5.41) is 7.82. The van der Waals surface area contributed by atoms with E-state index in [1.165, 1.54) is 18.3 Å². The number of hydrogen-bond donors (Lipinski definition) is 2. The van der Waals surface area contributed by atoms with Crippen LogP contribution in [-0.4, -0.2) is 58.3 Å². The van der Waals surface area contributed by atoms with E-state index in [2.05, 4.69) is 10.6 Å².